The molecule has 0 heterocycles. The molecule has 0 aliphatic heterocycles. The van der Waals surface area contributed by atoms with Crippen molar-refractivity contribution in [3.8, 4) is 0 Å². The molecule has 0 bridgehead atoms. The molecule has 0 fully saturated rings. The monoisotopic (exact) mass is 437 g/mol. The van der Waals surface area contributed by atoms with Gasteiger partial charge in [0.1, 0.15) is 0 Å². The normalized spacial score (nSPS) is 9.80. The van der Waals surface area contributed by atoms with Crippen molar-refractivity contribution in [2.75, 3.05) is 19.0 Å². The van der Waals surface area contributed by atoms with Gasteiger partial charge in [-0.1, -0.05) is 52.4 Å². The summed E-state index contributed by atoms with van der Waals surface area (Å²) in [6, 6.07) is 25.7. The zero-order valence-corrected chi connectivity index (χ0v) is 21.0. The van der Waals surface area contributed by atoms with Crippen LogP contribution in [0.3, 0.4) is 0 Å². The molecule has 3 rings (SSSR count). The molecule has 3 aromatic rings. The summed E-state index contributed by atoms with van der Waals surface area (Å²) in [7, 11) is 4.16. The van der Waals surface area contributed by atoms with Crippen molar-refractivity contribution in [1.82, 2.24) is 0 Å². The van der Waals surface area contributed by atoms with Crippen molar-refractivity contribution < 1.29 is 20.0 Å². The summed E-state index contributed by atoms with van der Waals surface area (Å²) in [4.78, 5) is 2.15. The maximum atomic E-state index is 2.23. The molecule has 0 saturated carbocycles. The molecule has 0 radical (unpaired) electrons. The van der Waals surface area contributed by atoms with Crippen LogP contribution in [0.4, 0.5) is 5.69 Å². The van der Waals surface area contributed by atoms with Gasteiger partial charge in [0.15, 0.2) is 0 Å². The molecule has 0 spiro atoms. The van der Waals surface area contributed by atoms with E-state index in [4.69, 9.17) is 0 Å². The average molecular weight is 437 g/mol. The van der Waals surface area contributed by atoms with Crippen LogP contribution in [0, 0.1) is 0 Å². The van der Waals surface area contributed by atoms with Crippen LogP contribution in [0.2, 0.25) is 0 Å². The molecule has 160 valence electrons. The summed E-state index contributed by atoms with van der Waals surface area (Å²) in [5.74, 6) is 0. The Kier molecular flexibility index (Phi) is 15.0. The van der Waals surface area contributed by atoms with E-state index >= 15 is 0 Å². The summed E-state index contributed by atoms with van der Waals surface area (Å²) in [6.45, 7) is 4.45. The third-order valence-corrected chi connectivity index (χ3v) is 5.22. The topological polar surface area (TPSA) is 3.24 Å². The first kappa shape index (κ1) is 26.3. The number of aryl methyl sites for hydroxylation is 2. The summed E-state index contributed by atoms with van der Waals surface area (Å²) in [5.41, 5.74) is 5.68. The second kappa shape index (κ2) is 17.0. The molecule has 0 aromatic heterocycles. The van der Waals surface area contributed by atoms with E-state index < -0.39 is 0 Å². The van der Waals surface area contributed by atoms with Crippen molar-refractivity contribution in [2.24, 2.45) is 0 Å². The molecular weight excluding hydrogens is 398 g/mol. The summed E-state index contributed by atoms with van der Waals surface area (Å²) >= 11 is 2.09. The second-order valence-corrected chi connectivity index (χ2v) is 8.36. The van der Waals surface area contributed by atoms with Gasteiger partial charge in [-0.15, -0.1) is 0 Å². The summed E-state index contributed by atoms with van der Waals surface area (Å²) in [6.07, 6.45) is 8.80. The predicted octanol–water partition coefficient (Wildman–Crippen LogP) is 7.14. The van der Waals surface area contributed by atoms with Gasteiger partial charge in [0.25, 0.3) is 0 Å². The maximum absolute atomic E-state index is 2.23. The van der Waals surface area contributed by atoms with Crippen LogP contribution < -0.4 is 4.90 Å². The van der Waals surface area contributed by atoms with E-state index in [0.29, 0.717) is 0 Å². The Morgan fingerprint density at radius 2 is 1.23 bits per heavy atom. The summed E-state index contributed by atoms with van der Waals surface area (Å²) in [5, 5.41) is 0. The number of para-hydroxylation sites is 1. The molecular formula is C28H39NTi. The fourth-order valence-electron chi connectivity index (χ4n) is 3.15. The van der Waals surface area contributed by atoms with Gasteiger partial charge in [-0.3, -0.25) is 0 Å². The van der Waals surface area contributed by atoms with Crippen molar-refractivity contribution >= 4 is 10.0 Å². The Morgan fingerprint density at radius 1 is 0.767 bits per heavy atom. The number of hydrogen-bond donors (Lipinski definition) is 0. The van der Waals surface area contributed by atoms with Crippen LogP contribution in [0.15, 0.2) is 72.8 Å². The van der Waals surface area contributed by atoms with E-state index in [0.717, 1.165) is 6.42 Å². The van der Waals surface area contributed by atoms with Gasteiger partial charge < -0.3 is 0 Å². The van der Waals surface area contributed by atoms with E-state index in [1.165, 1.54) is 60.9 Å². The number of hydrogen-bond acceptors (Lipinski definition) is 1. The first-order valence-electron chi connectivity index (χ1n) is 11.3. The van der Waals surface area contributed by atoms with Crippen molar-refractivity contribution in [2.45, 2.75) is 58.8 Å². The summed E-state index contributed by atoms with van der Waals surface area (Å²) < 4.78 is 2.18. The third-order valence-electron chi connectivity index (χ3n) is 4.90. The van der Waals surface area contributed by atoms with Crippen LogP contribution in [-0.4, -0.2) is 18.4 Å². The molecule has 0 aliphatic rings. The molecule has 3 aromatic carbocycles. The Hall–Kier alpha value is -1.70. The van der Waals surface area contributed by atoms with Gasteiger partial charge in [0.05, 0.1) is 0 Å². The van der Waals surface area contributed by atoms with Gasteiger partial charge >= 0.3 is 85.2 Å². The molecule has 0 unspecified atom stereocenters. The number of nitrogens with zero attached hydrogens (tertiary/aromatic N) is 1. The molecule has 0 amide bonds. The Bertz CT molecular complexity index is 716. The second-order valence-electron chi connectivity index (χ2n) is 7.72. The Balaban J connectivity index is 0.000000229. The van der Waals surface area contributed by atoms with Crippen LogP contribution >= 0.6 is 0 Å². The number of unbranched alkanes of at least 4 members (excludes halogenated alkanes) is 2. The van der Waals surface area contributed by atoms with E-state index in [1.807, 2.05) is 0 Å². The predicted molar refractivity (Wildman–Crippen MR) is 132 cm³/mol. The van der Waals surface area contributed by atoms with E-state index in [2.05, 4.69) is 130 Å². The van der Waals surface area contributed by atoms with Gasteiger partial charge in [0, 0.05) is 0 Å². The minimum absolute atomic E-state index is 1.05. The van der Waals surface area contributed by atoms with Gasteiger partial charge in [-0.05, 0) is 0 Å². The van der Waals surface area contributed by atoms with Gasteiger partial charge in [0.2, 0.25) is 0 Å². The number of rotatable bonds is 9. The molecule has 0 aliphatic carbocycles. The fourth-order valence-corrected chi connectivity index (χ4v) is 3.50. The van der Waals surface area contributed by atoms with Gasteiger partial charge in [-0.25, -0.2) is 24.3 Å². The standard InChI is InChI=1S/C10H13N.2C9H13.Ti/c1-4-9-7-5-6-8-10(9)11(2)3;2*1-2-3-6-9-7-4-5-8-9;/h1,5-8H,4H2,2-3H3;2*4-5,7-8H,2-3,6H2,1H3;/q;2*-1;+2. The Labute approximate surface area is 196 Å². The average Bonchev–Trinajstić information content (AvgIpc) is 3.46. The number of anilines is 1. The molecule has 0 atom stereocenters. The van der Waals surface area contributed by atoms with Crippen LogP contribution in [0.25, 0.3) is 0 Å². The van der Waals surface area contributed by atoms with E-state index in [1.54, 1.807) is 0 Å². The van der Waals surface area contributed by atoms with Crippen LogP contribution in [-0.2, 0) is 39.2 Å². The zero-order valence-electron chi connectivity index (χ0n) is 19.4. The molecule has 2 heteroatoms. The number of benzene rings is 1. The zero-order chi connectivity index (χ0) is 22.0. The van der Waals surface area contributed by atoms with E-state index in [-0.39, 0.29) is 0 Å². The third kappa shape index (κ3) is 11.5. The quantitative estimate of drug-likeness (QED) is 0.254. The molecule has 1 nitrogen and oxygen atoms in total. The van der Waals surface area contributed by atoms with E-state index in [9.17, 15) is 0 Å². The van der Waals surface area contributed by atoms with Crippen molar-refractivity contribution in [1.29, 1.82) is 0 Å². The van der Waals surface area contributed by atoms with Crippen molar-refractivity contribution in [3.63, 3.8) is 0 Å². The molecule has 30 heavy (non-hydrogen) atoms. The van der Waals surface area contributed by atoms with Crippen LogP contribution in [0.1, 0.15) is 56.2 Å². The fraction of sp³-hybridized carbons (Fsp3) is 0.393. The molecule has 0 N–H and O–H groups in total. The minimum atomic E-state index is 1.05. The Morgan fingerprint density at radius 3 is 1.63 bits per heavy atom. The first-order chi connectivity index (χ1) is 14.6. The van der Waals surface area contributed by atoms with Crippen LogP contribution in [0.5, 0.6) is 0 Å². The first-order valence-corrected chi connectivity index (χ1v) is 12.2. The SMILES string of the molecule is CCCC[c-]1cccc1.CCCC[c-]1cccc1.CN(C)c1ccccc1C[CH]=[Ti+2]. The van der Waals surface area contributed by atoms with Gasteiger partial charge in [-0.2, -0.15) is 35.4 Å². The van der Waals surface area contributed by atoms with Crippen molar-refractivity contribution in [3.05, 3.63) is 89.5 Å². The molecule has 0 saturated heterocycles.